The van der Waals surface area contributed by atoms with Gasteiger partial charge in [-0.15, -0.1) is 0 Å². The maximum Gasteiger partial charge on any atom is 0.177 e. The highest BCUT2D eigenvalue weighted by molar-refractivity contribution is 7.71. The number of benzene rings is 1. The van der Waals surface area contributed by atoms with Gasteiger partial charge in [0.25, 0.3) is 0 Å². The second-order valence-electron chi connectivity index (χ2n) is 5.59. The molecule has 1 fully saturated rings. The molecule has 0 unspecified atom stereocenters. The normalized spacial score (nSPS) is 29.1. The van der Waals surface area contributed by atoms with Crippen LogP contribution in [0.25, 0.3) is 0 Å². The summed E-state index contributed by atoms with van der Waals surface area (Å²) in [5.41, 5.74) is -0.504. The molecule has 0 radical (unpaired) electrons. The lowest BCUT2D eigenvalue weighted by molar-refractivity contribution is 0.466. The summed E-state index contributed by atoms with van der Waals surface area (Å²) in [7, 11) is 0. The Morgan fingerprint density at radius 3 is 2.67 bits per heavy atom. The van der Waals surface area contributed by atoms with Gasteiger partial charge >= 0.3 is 0 Å². The summed E-state index contributed by atoms with van der Waals surface area (Å²) >= 11 is 5.18. The third-order valence-corrected chi connectivity index (χ3v) is 5.08. The number of imidazole rings is 1. The Labute approximate surface area is 123 Å². The summed E-state index contributed by atoms with van der Waals surface area (Å²) in [5, 5.41) is 0. The molecule has 1 aliphatic carbocycles. The van der Waals surface area contributed by atoms with Crippen LogP contribution in [-0.2, 0) is 17.5 Å². The van der Waals surface area contributed by atoms with Gasteiger partial charge in [-0.25, -0.2) is 13.2 Å². The fourth-order valence-corrected chi connectivity index (χ4v) is 3.88. The first-order chi connectivity index (χ1) is 9.95. The molecule has 0 bridgehead atoms. The predicted molar refractivity (Wildman–Crippen MR) is 73.5 cm³/mol. The molecule has 2 aromatic rings. The average molecular weight is 309 g/mol. The van der Waals surface area contributed by atoms with Gasteiger partial charge in [-0.2, -0.15) is 0 Å². The van der Waals surface area contributed by atoms with Crippen LogP contribution in [0.1, 0.15) is 17.7 Å². The molecule has 2 atom stereocenters. The van der Waals surface area contributed by atoms with E-state index in [0.29, 0.717) is 23.8 Å². The van der Waals surface area contributed by atoms with Crippen LogP contribution in [0.2, 0.25) is 0 Å². The first-order valence-electron chi connectivity index (χ1n) is 6.37. The van der Waals surface area contributed by atoms with E-state index in [2.05, 4.69) is 16.7 Å². The fourth-order valence-electron chi connectivity index (χ4n) is 3.66. The van der Waals surface area contributed by atoms with Gasteiger partial charge in [0.15, 0.2) is 16.4 Å². The van der Waals surface area contributed by atoms with E-state index in [9.17, 15) is 13.2 Å². The van der Waals surface area contributed by atoms with Crippen LogP contribution in [-0.4, -0.2) is 16.3 Å². The van der Waals surface area contributed by atoms with Crippen LogP contribution in [0.3, 0.4) is 0 Å². The summed E-state index contributed by atoms with van der Waals surface area (Å²) in [6, 6.07) is 1.51. The Hall–Kier alpha value is -1.89. The van der Waals surface area contributed by atoms with Crippen molar-refractivity contribution < 1.29 is 13.2 Å². The number of H-pyrrole nitrogens is 1. The van der Waals surface area contributed by atoms with E-state index in [1.165, 1.54) is 0 Å². The minimum absolute atomic E-state index is 0.131. The van der Waals surface area contributed by atoms with Crippen molar-refractivity contribution in [2.75, 3.05) is 0 Å². The molecule has 2 aliphatic rings. The Morgan fingerprint density at radius 2 is 1.95 bits per heavy atom. The smallest absolute Gasteiger partial charge is 0.177 e. The number of aliphatic imine (C=N–C) groups is 1. The average Bonchev–Trinajstić information content (AvgIpc) is 2.83. The number of aromatic nitrogens is 2. The minimum Gasteiger partial charge on any atom is -0.337 e. The Morgan fingerprint density at radius 1 is 1.24 bits per heavy atom. The van der Waals surface area contributed by atoms with Crippen LogP contribution in [0.15, 0.2) is 23.3 Å². The maximum absolute atomic E-state index is 14.2. The Kier molecular flexibility index (Phi) is 2.23. The van der Waals surface area contributed by atoms with E-state index >= 15 is 0 Å². The summed E-state index contributed by atoms with van der Waals surface area (Å²) in [5.74, 6) is -3.02. The van der Waals surface area contributed by atoms with E-state index < -0.39 is 28.4 Å². The maximum atomic E-state index is 14.2. The largest absolute Gasteiger partial charge is 0.337 e. The molecule has 21 heavy (non-hydrogen) atoms. The zero-order valence-electron chi connectivity index (χ0n) is 10.8. The first kappa shape index (κ1) is 12.8. The molecule has 0 spiro atoms. The molecule has 3 nitrogen and oxygen atoms in total. The third kappa shape index (κ3) is 1.30. The van der Waals surface area contributed by atoms with Crippen molar-refractivity contribution in [2.45, 2.75) is 23.9 Å². The van der Waals surface area contributed by atoms with Crippen molar-refractivity contribution in [2.24, 2.45) is 4.99 Å². The van der Waals surface area contributed by atoms with Gasteiger partial charge in [0.1, 0.15) is 11.4 Å². The van der Waals surface area contributed by atoms with Gasteiger partial charge in [0, 0.05) is 29.8 Å². The van der Waals surface area contributed by atoms with E-state index in [-0.39, 0.29) is 5.56 Å². The lowest BCUT2D eigenvalue weighted by Crippen LogP contribution is -2.19. The lowest BCUT2D eigenvalue weighted by atomic mass is 9.91. The molecule has 1 saturated carbocycles. The van der Waals surface area contributed by atoms with Crippen molar-refractivity contribution in [3.05, 3.63) is 51.8 Å². The van der Waals surface area contributed by atoms with Crippen LogP contribution in [0, 0.1) is 22.2 Å². The lowest BCUT2D eigenvalue weighted by Gasteiger charge is -2.16. The number of rotatable bonds is 2. The van der Waals surface area contributed by atoms with Crippen molar-refractivity contribution >= 4 is 18.9 Å². The molecule has 108 valence electrons. The predicted octanol–water partition coefficient (Wildman–Crippen LogP) is 3.21. The molecule has 1 aromatic carbocycles. The van der Waals surface area contributed by atoms with Crippen molar-refractivity contribution in [3.8, 4) is 0 Å². The van der Waals surface area contributed by atoms with Gasteiger partial charge in [-0.1, -0.05) is 0 Å². The summed E-state index contributed by atoms with van der Waals surface area (Å²) in [6.07, 6.45) is 2.24. The third-order valence-electron chi connectivity index (χ3n) is 4.74. The standard InChI is InChI=1S/C14H10F3N3S/c1-18-14-5-13(14,6-20-11(14)4-19-12(20)21)7-2-9(16)10(17)3-8(7)15/h2-4H,1,5-6H2,(H,19,21)/t13-,14-/m1/s1. The fraction of sp³-hybridized carbons (Fsp3) is 0.286. The SMILES string of the molecule is C=N[C@@]12C[C@]1(c1cc(F)c(F)cc1F)Cn1c2c[nH]c1=S. The topological polar surface area (TPSA) is 33.1 Å². The highest BCUT2D eigenvalue weighted by Gasteiger charge is 2.75. The molecule has 0 amide bonds. The zero-order chi connectivity index (χ0) is 15.0. The molecule has 7 heteroatoms. The highest BCUT2D eigenvalue weighted by atomic mass is 32.1. The quantitative estimate of drug-likeness (QED) is 0.516. The number of halogens is 3. The molecule has 1 aromatic heterocycles. The van der Waals surface area contributed by atoms with Gasteiger partial charge in [0.05, 0.1) is 5.69 Å². The molecular formula is C14H10F3N3S. The van der Waals surface area contributed by atoms with Gasteiger partial charge < -0.3 is 9.55 Å². The van der Waals surface area contributed by atoms with E-state index in [1.54, 1.807) is 6.20 Å². The van der Waals surface area contributed by atoms with Crippen molar-refractivity contribution in [1.29, 1.82) is 0 Å². The van der Waals surface area contributed by atoms with E-state index in [1.807, 2.05) is 4.57 Å². The van der Waals surface area contributed by atoms with Crippen molar-refractivity contribution in [3.63, 3.8) is 0 Å². The number of hydrogen-bond donors (Lipinski definition) is 1. The zero-order valence-corrected chi connectivity index (χ0v) is 11.6. The van der Waals surface area contributed by atoms with Gasteiger partial charge in [0.2, 0.25) is 0 Å². The van der Waals surface area contributed by atoms with Gasteiger partial charge in [-0.3, -0.25) is 4.99 Å². The molecule has 2 heterocycles. The number of nitrogens with one attached hydrogen (secondary N) is 1. The van der Waals surface area contributed by atoms with Crippen LogP contribution in [0.4, 0.5) is 13.2 Å². The minimum atomic E-state index is -1.19. The summed E-state index contributed by atoms with van der Waals surface area (Å²) in [4.78, 5) is 7.09. The molecule has 4 rings (SSSR count). The second kappa shape index (κ2) is 3.65. The Bertz CT molecular complexity index is 856. The highest BCUT2D eigenvalue weighted by Crippen LogP contribution is 2.71. The Balaban J connectivity index is 1.95. The van der Waals surface area contributed by atoms with E-state index in [4.69, 9.17) is 12.2 Å². The van der Waals surface area contributed by atoms with Crippen LogP contribution >= 0.6 is 12.2 Å². The molecule has 0 saturated heterocycles. The summed E-state index contributed by atoms with van der Waals surface area (Å²) < 4.78 is 43.2. The van der Waals surface area contributed by atoms with Crippen molar-refractivity contribution in [1.82, 2.24) is 9.55 Å². The number of fused-ring (bicyclic) bond motifs is 3. The number of aromatic amines is 1. The van der Waals surface area contributed by atoms with Crippen LogP contribution < -0.4 is 0 Å². The van der Waals surface area contributed by atoms with Gasteiger partial charge in [-0.05, 0) is 31.4 Å². The monoisotopic (exact) mass is 309 g/mol. The molecule has 1 aliphatic heterocycles. The number of nitrogens with zero attached hydrogens (tertiary/aromatic N) is 2. The van der Waals surface area contributed by atoms with Crippen LogP contribution in [0.5, 0.6) is 0 Å². The first-order valence-corrected chi connectivity index (χ1v) is 6.78. The summed E-state index contributed by atoms with van der Waals surface area (Å²) in [6.45, 7) is 3.98. The number of hydrogen-bond acceptors (Lipinski definition) is 2. The second-order valence-corrected chi connectivity index (χ2v) is 5.98. The molecule has 1 N–H and O–H groups in total. The molecular weight excluding hydrogens is 299 g/mol. The van der Waals surface area contributed by atoms with E-state index in [0.717, 1.165) is 11.8 Å².